The zero-order chi connectivity index (χ0) is 21.1. The lowest BCUT2D eigenvalue weighted by molar-refractivity contribution is -0.137. The van der Waals surface area contributed by atoms with Crippen LogP contribution < -0.4 is 20.1 Å². The van der Waals surface area contributed by atoms with Gasteiger partial charge in [0.25, 0.3) is 5.91 Å². The zero-order valence-corrected chi connectivity index (χ0v) is 16.1. The standard InChI is InChI=1S/C20H22F3N3O3/c1-19(2)10-13-4-3-5-15(18(13)29-19)28-12-17(27)25-9-8-24-16-7-6-14(11-26-16)20(21,22)23/h3-7,11H,8-10,12H2,1-2H3,(H,24,26)(H,25,27). The van der Waals surface area contributed by atoms with Gasteiger partial charge in [-0.2, -0.15) is 13.2 Å². The molecule has 0 unspecified atom stereocenters. The van der Waals surface area contributed by atoms with Crippen LogP contribution in [0.25, 0.3) is 0 Å². The summed E-state index contributed by atoms with van der Waals surface area (Å²) in [5.74, 6) is 1.17. The number of aromatic nitrogens is 1. The van der Waals surface area contributed by atoms with Crippen molar-refractivity contribution in [3.05, 3.63) is 47.7 Å². The van der Waals surface area contributed by atoms with Crippen LogP contribution in [0.1, 0.15) is 25.0 Å². The van der Waals surface area contributed by atoms with E-state index in [0.29, 0.717) is 23.9 Å². The van der Waals surface area contributed by atoms with Crippen molar-refractivity contribution in [2.75, 3.05) is 25.0 Å². The molecule has 0 fully saturated rings. The first-order chi connectivity index (χ1) is 13.6. The van der Waals surface area contributed by atoms with Crippen molar-refractivity contribution in [2.24, 2.45) is 0 Å². The second-order valence-corrected chi connectivity index (χ2v) is 7.28. The number of nitrogens with one attached hydrogen (secondary N) is 2. The molecule has 0 radical (unpaired) electrons. The summed E-state index contributed by atoms with van der Waals surface area (Å²) in [6, 6.07) is 7.77. The number of para-hydroxylation sites is 1. The average Bonchev–Trinajstić information content (AvgIpc) is 2.97. The first-order valence-electron chi connectivity index (χ1n) is 9.12. The molecular formula is C20H22F3N3O3. The Morgan fingerprint density at radius 3 is 2.72 bits per heavy atom. The van der Waals surface area contributed by atoms with E-state index in [1.807, 2.05) is 26.0 Å². The Morgan fingerprint density at radius 2 is 2.03 bits per heavy atom. The van der Waals surface area contributed by atoms with Gasteiger partial charge in [0.15, 0.2) is 18.1 Å². The number of hydrogen-bond acceptors (Lipinski definition) is 5. The predicted octanol–water partition coefficient (Wildman–Crippen LogP) is 3.42. The number of amides is 1. The van der Waals surface area contributed by atoms with Crippen LogP contribution in [0.3, 0.4) is 0 Å². The number of halogens is 3. The summed E-state index contributed by atoms with van der Waals surface area (Å²) in [6.45, 7) is 4.38. The third-order valence-electron chi connectivity index (χ3n) is 4.26. The van der Waals surface area contributed by atoms with E-state index < -0.39 is 11.7 Å². The summed E-state index contributed by atoms with van der Waals surface area (Å²) in [6.07, 6.45) is -2.88. The minimum Gasteiger partial charge on any atom is -0.483 e. The third kappa shape index (κ3) is 5.52. The molecule has 0 saturated carbocycles. The van der Waals surface area contributed by atoms with Gasteiger partial charge in [0.05, 0.1) is 5.56 Å². The molecule has 29 heavy (non-hydrogen) atoms. The van der Waals surface area contributed by atoms with Crippen LogP contribution in [0.5, 0.6) is 11.5 Å². The highest BCUT2D eigenvalue weighted by Crippen LogP contribution is 2.41. The zero-order valence-electron chi connectivity index (χ0n) is 16.1. The molecule has 2 aromatic rings. The van der Waals surface area contributed by atoms with Crippen molar-refractivity contribution in [2.45, 2.75) is 32.0 Å². The molecule has 0 spiro atoms. The molecule has 156 valence electrons. The SMILES string of the molecule is CC1(C)Cc2cccc(OCC(=O)NCCNc3ccc(C(F)(F)F)cn3)c2O1. The first kappa shape index (κ1) is 20.8. The normalized spacial score (nSPS) is 14.7. The second-order valence-electron chi connectivity index (χ2n) is 7.28. The van der Waals surface area contributed by atoms with Gasteiger partial charge < -0.3 is 20.1 Å². The number of anilines is 1. The van der Waals surface area contributed by atoms with Gasteiger partial charge in [-0.25, -0.2) is 4.98 Å². The molecule has 0 saturated heterocycles. The molecule has 2 N–H and O–H groups in total. The predicted molar refractivity (Wildman–Crippen MR) is 101 cm³/mol. The monoisotopic (exact) mass is 409 g/mol. The number of benzene rings is 1. The number of rotatable bonds is 7. The molecule has 3 rings (SSSR count). The minimum atomic E-state index is -4.42. The van der Waals surface area contributed by atoms with Crippen LogP contribution in [0.15, 0.2) is 36.5 Å². The lowest BCUT2D eigenvalue weighted by Gasteiger charge is -2.18. The molecule has 0 bridgehead atoms. The number of fused-ring (bicyclic) bond motifs is 1. The number of hydrogen-bond donors (Lipinski definition) is 2. The van der Waals surface area contributed by atoms with Crippen LogP contribution in [0.2, 0.25) is 0 Å². The van der Waals surface area contributed by atoms with E-state index in [-0.39, 0.29) is 24.7 Å². The van der Waals surface area contributed by atoms with Gasteiger partial charge in [0.2, 0.25) is 0 Å². The molecular weight excluding hydrogens is 387 g/mol. The van der Waals surface area contributed by atoms with Crippen molar-refractivity contribution >= 4 is 11.7 Å². The molecule has 9 heteroatoms. The van der Waals surface area contributed by atoms with Crippen molar-refractivity contribution < 1.29 is 27.4 Å². The van der Waals surface area contributed by atoms with Crippen LogP contribution in [0.4, 0.5) is 19.0 Å². The Hall–Kier alpha value is -2.97. The summed E-state index contributed by atoms with van der Waals surface area (Å²) in [5.41, 5.74) is -0.0726. The molecule has 2 heterocycles. The molecule has 0 aliphatic carbocycles. The summed E-state index contributed by atoms with van der Waals surface area (Å²) >= 11 is 0. The first-order valence-corrected chi connectivity index (χ1v) is 9.12. The van der Waals surface area contributed by atoms with Crippen LogP contribution >= 0.6 is 0 Å². The van der Waals surface area contributed by atoms with E-state index >= 15 is 0 Å². The van der Waals surface area contributed by atoms with Crippen LogP contribution in [0, 0.1) is 0 Å². The smallest absolute Gasteiger partial charge is 0.417 e. The van der Waals surface area contributed by atoms with Crippen molar-refractivity contribution in [3.8, 4) is 11.5 Å². The highest BCUT2D eigenvalue weighted by molar-refractivity contribution is 5.77. The van der Waals surface area contributed by atoms with E-state index in [0.717, 1.165) is 24.2 Å². The summed E-state index contributed by atoms with van der Waals surface area (Å²) in [5, 5.41) is 5.51. The third-order valence-corrected chi connectivity index (χ3v) is 4.26. The topological polar surface area (TPSA) is 72.5 Å². The quantitative estimate of drug-likeness (QED) is 0.686. The molecule has 1 aliphatic rings. The van der Waals surface area contributed by atoms with Gasteiger partial charge in [0, 0.05) is 31.3 Å². The maximum Gasteiger partial charge on any atom is 0.417 e. The summed E-state index contributed by atoms with van der Waals surface area (Å²) in [7, 11) is 0. The van der Waals surface area contributed by atoms with Crippen LogP contribution in [-0.2, 0) is 17.4 Å². The van der Waals surface area contributed by atoms with E-state index in [4.69, 9.17) is 9.47 Å². The molecule has 0 atom stereocenters. The summed E-state index contributed by atoms with van der Waals surface area (Å²) in [4.78, 5) is 15.7. The fraction of sp³-hybridized carbons (Fsp3) is 0.400. The summed E-state index contributed by atoms with van der Waals surface area (Å²) < 4.78 is 49.0. The lowest BCUT2D eigenvalue weighted by atomic mass is 10.0. The fourth-order valence-electron chi connectivity index (χ4n) is 2.95. The van der Waals surface area contributed by atoms with E-state index in [1.165, 1.54) is 6.07 Å². The molecule has 1 amide bonds. The average molecular weight is 409 g/mol. The van der Waals surface area contributed by atoms with Gasteiger partial charge in [-0.05, 0) is 32.0 Å². The fourth-order valence-corrected chi connectivity index (χ4v) is 2.95. The highest BCUT2D eigenvalue weighted by atomic mass is 19.4. The molecule has 1 aromatic carbocycles. The Kier molecular flexibility index (Phi) is 5.86. The van der Waals surface area contributed by atoms with E-state index in [9.17, 15) is 18.0 Å². The van der Waals surface area contributed by atoms with Crippen molar-refractivity contribution in [1.82, 2.24) is 10.3 Å². The van der Waals surface area contributed by atoms with Gasteiger partial charge in [-0.15, -0.1) is 0 Å². The minimum absolute atomic E-state index is 0.168. The number of carbonyl (C=O) groups is 1. The van der Waals surface area contributed by atoms with Gasteiger partial charge in [-0.3, -0.25) is 4.79 Å². The molecule has 1 aliphatic heterocycles. The van der Waals surface area contributed by atoms with Crippen molar-refractivity contribution in [1.29, 1.82) is 0 Å². The Balaban J connectivity index is 1.40. The number of ether oxygens (including phenoxy) is 2. The second kappa shape index (κ2) is 8.18. The van der Waals surface area contributed by atoms with Crippen molar-refractivity contribution in [3.63, 3.8) is 0 Å². The largest absolute Gasteiger partial charge is 0.483 e. The maximum atomic E-state index is 12.5. The Labute approximate surface area is 166 Å². The van der Waals surface area contributed by atoms with Gasteiger partial charge in [-0.1, -0.05) is 12.1 Å². The number of nitrogens with zero attached hydrogens (tertiary/aromatic N) is 1. The van der Waals surface area contributed by atoms with Crippen LogP contribution in [-0.4, -0.2) is 36.2 Å². The van der Waals surface area contributed by atoms with E-state index in [2.05, 4.69) is 15.6 Å². The van der Waals surface area contributed by atoms with Gasteiger partial charge in [0.1, 0.15) is 11.4 Å². The Bertz CT molecular complexity index is 868. The highest BCUT2D eigenvalue weighted by Gasteiger charge is 2.32. The molecule has 6 nitrogen and oxygen atoms in total. The number of carbonyl (C=O) groups excluding carboxylic acids is 1. The Morgan fingerprint density at radius 1 is 1.24 bits per heavy atom. The number of pyridine rings is 1. The number of alkyl halides is 3. The maximum absolute atomic E-state index is 12.5. The molecule has 1 aromatic heterocycles. The lowest BCUT2D eigenvalue weighted by Crippen LogP contribution is -2.32. The van der Waals surface area contributed by atoms with Gasteiger partial charge >= 0.3 is 6.18 Å². The van der Waals surface area contributed by atoms with E-state index in [1.54, 1.807) is 6.07 Å².